The maximum atomic E-state index is 11.8. The third-order valence-electron chi connectivity index (χ3n) is 2.98. The highest BCUT2D eigenvalue weighted by Gasteiger charge is 2.21. The lowest BCUT2D eigenvalue weighted by Gasteiger charge is -2.11. The molecule has 0 saturated carbocycles. The van der Waals surface area contributed by atoms with Crippen LogP contribution in [0.15, 0.2) is 24.3 Å². The average Bonchev–Trinajstić information content (AvgIpc) is 2.90. The molecule has 100 valence electrons. The van der Waals surface area contributed by atoms with Gasteiger partial charge in [-0.15, -0.1) is 12.4 Å². The standard InChI is InChI=1S/C13H18N2O2.ClH/c1-17-11-5-2-4-10(8-11)9-15-13(16)12-6-3-7-14-12;/h2,4-5,8,12,14H,3,6-7,9H2,1H3,(H,15,16);1H/t12-;/m0./s1. The topological polar surface area (TPSA) is 50.4 Å². The van der Waals surface area contributed by atoms with Gasteiger partial charge in [0.2, 0.25) is 5.91 Å². The summed E-state index contributed by atoms with van der Waals surface area (Å²) >= 11 is 0. The molecule has 1 aromatic rings. The monoisotopic (exact) mass is 270 g/mol. The summed E-state index contributed by atoms with van der Waals surface area (Å²) in [6.07, 6.45) is 2.02. The van der Waals surface area contributed by atoms with Gasteiger partial charge in [-0.25, -0.2) is 0 Å². The first kappa shape index (κ1) is 14.8. The van der Waals surface area contributed by atoms with Crippen molar-refractivity contribution in [2.24, 2.45) is 0 Å². The molecule has 1 atom stereocenters. The molecule has 2 N–H and O–H groups in total. The minimum atomic E-state index is -0.0133. The Balaban J connectivity index is 0.00000162. The second-order valence-corrected chi connectivity index (χ2v) is 4.22. The van der Waals surface area contributed by atoms with E-state index in [1.54, 1.807) is 7.11 Å². The van der Waals surface area contributed by atoms with E-state index >= 15 is 0 Å². The van der Waals surface area contributed by atoms with Gasteiger partial charge in [0, 0.05) is 6.54 Å². The van der Waals surface area contributed by atoms with Crippen molar-refractivity contribution in [1.82, 2.24) is 10.6 Å². The van der Waals surface area contributed by atoms with E-state index in [1.165, 1.54) is 0 Å². The van der Waals surface area contributed by atoms with Crippen LogP contribution in [0.3, 0.4) is 0 Å². The van der Waals surface area contributed by atoms with E-state index in [9.17, 15) is 4.79 Å². The Labute approximate surface area is 114 Å². The molecule has 0 unspecified atom stereocenters. The minimum Gasteiger partial charge on any atom is -0.497 e. The normalized spacial score (nSPS) is 17.9. The number of halogens is 1. The minimum absolute atomic E-state index is 0. The highest BCUT2D eigenvalue weighted by molar-refractivity contribution is 5.85. The number of amides is 1. The molecule has 18 heavy (non-hydrogen) atoms. The Hall–Kier alpha value is -1.26. The van der Waals surface area contributed by atoms with Gasteiger partial charge in [-0.3, -0.25) is 4.79 Å². The first-order valence-electron chi connectivity index (χ1n) is 5.93. The maximum Gasteiger partial charge on any atom is 0.237 e. The Bertz CT molecular complexity index is 392. The summed E-state index contributed by atoms with van der Waals surface area (Å²) in [5, 5.41) is 6.11. The van der Waals surface area contributed by atoms with Crippen LogP contribution in [0.2, 0.25) is 0 Å². The van der Waals surface area contributed by atoms with Crippen LogP contribution in [0.25, 0.3) is 0 Å². The molecular weight excluding hydrogens is 252 g/mol. The quantitative estimate of drug-likeness (QED) is 0.872. The molecule has 1 heterocycles. The van der Waals surface area contributed by atoms with Crippen LogP contribution in [0.1, 0.15) is 18.4 Å². The van der Waals surface area contributed by atoms with Crippen molar-refractivity contribution in [3.8, 4) is 5.75 Å². The van der Waals surface area contributed by atoms with Gasteiger partial charge in [-0.2, -0.15) is 0 Å². The van der Waals surface area contributed by atoms with Crippen LogP contribution in [-0.2, 0) is 11.3 Å². The molecule has 4 nitrogen and oxygen atoms in total. The van der Waals surface area contributed by atoms with E-state index in [4.69, 9.17) is 4.74 Å². The van der Waals surface area contributed by atoms with Crippen LogP contribution in [0.4, 0.5) is 0 Å². The molecule has 0 aromatic heterocycles. The lowest BCUT2D eigenvalue weighted by Crippen LogP contribution is -2.39. The lowest BCUT2D eigenvalue weighted by molar-refractivity contribution is -0.122. The van der Waals surface area contributed by atoms with Gasteiger partial charge in [-0.1, -0.05) is 12.1 Å². The van der Waals surface area contributed by atoms with Crippen LogP contribution >= 0.6 is 12.4 Å². The fourth-order valence-corrected chi connectivity index (χ4v) is 2.00. The third-order valence-corrected chi connectivity index (χ3v) is 2.98. The van der Waals surface area contributed by atoms with Gasteiger partial charge in [-0.05, 0) is 37.1 Å². The zero-order valence-corrected chi connectivity index (χ0v) is 11.3. The van der Waals surface area contributed by atoms with Crippen LogP contribution in [0.5, 0.6) is 5.75 Å². The molecule has 0 aliphatic carbocycles. The molecule has 1 aliphatic heterocycles. The van der Waals surface area contributed by atoms with E-state index in [2.05, 4.69) is 10.6 Å². The number of hydrogen-bond acceptors (Lipinski definition) is 3. The number of carbonyl (C=O) groups is 1. The molecule has 0 bridgehead atoms. The summed E-state index contributed by atoms with van der Waals surface area (Å²) in [6, 6.07) is 7.71. The highest BCUT2D eigenvalue weighted by atomic mass is 35.5. The Morgan fingerprint density at radius 3 is 3.06 bits per heavy atom. The van der Waals surface area contributed by atoms with Crippen molar-refractivity contribution in [3.63, 3.8) is 0 Å². The van der Waals surface area contributed by atoms with Crippen molar-refractivity contribution in [3.05, 3.63) is 29.8 Å². The van der Waals surface area contributed by atoms with Gasteiger partial charge < -0.3 is 15.4 Å². The molecule has 1 saturated heterocycles. The second-order valence-electron chi connectivity index (χ2n) is 4.22. The van der Waals surface area contributed by atoms with Crippen LogP contribution in [0, 0.1) is 0 Å². The number of rotatable bonds is 4. The fourth-order valence-electron chi connectivity index (χ4n) is 2.00. The number of ether oxygens (including phenoxy) is 1. The average molecular weight is 271 g/mol. The zero-order valence-electron chi connectivity index (χ0n) is 10.4. The summed E-state index contributed by atoms with van der Waals surface area (Å²) in [5.74, 6) is 0.904. The van der Waals surface area contributed by atoms with Gasteiger partial charge in [0.15, 0.2) is 0 Å². The molecule has 0 spiro atoms. The predicted octanol–water partition coefficient (Wildman–Crippen LogP) is 1.49. The molecule has 1 fully saturated rings. The van der Waals surface area contributed by atoms with E-state index < -0.39 is 0 Å². The van der Waals surface area contributed by atoms with Gasteiger partial charge >= 0.3 is 0 Å². The molecule has 1 aromatic carbocycles. The van der Waals surface area contributed by atoms with Crippen molar-refractivity contribution < 1.29 is 9.53 Å². The fraction of sp³-hybridized carbons (Fsp3) is 0.462. The summed E-state index contributed by atoms with van der Waals surface area (Å²) in [6.45, 7) is 1.49. The van der Waals surface area contributed by atoms with Gasteiger partial charge in [0.25, 0.3) is 0 Å². The molecular formula is C13H19ClN2O2. The molecule has 5 heteroatoms. The SMILES string of the molecule is COc1cccc(CNC(=O)[C@@H]2CCCN2)c1.Cl. The predicted molar refractivity (Wildman–Crippen MR) is 73.1 cm³/mol. The summed E-state index contributed by atoms with van der Waals surface area (Å²) < 4.78 is 5.14. The van der Waals surface area contributed by atoms with E-state index in [0.29, 0.717) is 6.54 Å². The summed E-state index contributed by atoms with van der Waals surface area (Å²) in [4.78, 5) is 11.8. The molecule has 2 rings (SSSR count). The van der Waals surface area contributed by atoms with E-state index in [-0.39, 0.29) is 24.4 Å². The van der Waals surface area contributed by atoms with Crippen molar-refractivity contribution in [1.29, 1.82) is 0 Å². The van der Waals surface area contributed by atoms with E-state index in [1.807, 2.05) is 24.3 Å². The number of methoxy groups -OCH3 is 1. The summed E-state index contributed by atoms with van der Waals surface area (Å²) in [7, 11) is 1.64. The Kier molecular flexibility index (Phi) is 5.95. The number of carbonyl (C=O) groups excluding carboxylic acids is 1. The zero-order chi connectivity index (χ0) is 12.1. The number of hydrogen-bond donors (Lipinski definition) is 2. The summed E-state index contributed by atoms with van der Waals surface area (Å²) in [5.41, 5.74) is 1.05. The van der Waals surface area contributed by atoms with Crippen molar-refractivity contribution >= 4 is 18.3 Å². The number of nitrogens with one attached hydrogen (secondary N) is 2. The Morgan fingerprint density at radius 1 is 1.56 bits per heavy atom. The lowest BCUT2D eigenvalue weighted by atomic mass is 10.2. The van der Waals surface area contributed by atoms with Crippen LogP contribution in [-0.4, -0.2) is 25.6 Å². The largest absolute Gasteiger partial charge is 0.497 e. The first-order chi connectivity index (χ1) is 8.29. The first-order valence-corrected chi connectivity index (χ1v) is 5.93. The van der Waals surface area contributed by atoms with E-state index in [0.717, 1.165) is 30.7 Å². The molecule has 1 amide bonds. The maximum absolute atomic E-state index is 11.8. The smallest absolute Gasteiger partial charge is 0.237 e. The van der Waals surface area contributed by atoms with Crippen LogP contribution < -0.4 is 15.4 Å². The molecule has 0 radical (unpaired) electrons. The molecule has 1 aliphatic rings. The number of benzene rings is 1. The Morgan fingerprint density at radius 2 is 2.39 bits per heavy atom. The third kappa shape index (κ3) is 3.89. The second kappa shape index (κ2) is 7.24. The van der Waals surface area contributed by atoms with Gasteiger partial charge in [0.05, 0.1) is 13.2 Å². The van der Waals surface area contributed by atoms with Gasteiger partial charge in [0.1, 0.15) is 5.75 Å². The highest BCUT2D eigenvalue weighted by Crippen LogP contribution is 2.12. The van der Waals surface area contributed by atoms with Crippen molar-refractivity contribution in [2.75, 3.05) is 13.7 Å². The van der Waals surface area contributed by atoms with Crippen molar-refractivity contribution in [2.45, 2.75) is 25.4 Å².